The van der Waals surface area contributed by atoms with E-state index in [0.29, 0.717) is 0 Å². The largest absolute Gasteiger partial charge is 0.341 e. The Morgan fingerprint density at radius 2 is 2.33 bits per heavy atom. The lowest BCUT2D eigenvalue weighted by Crippen LogP contribution is -2.62. The third-order valence-electron chi connectivity index (χ3n) is 2.48. The topological polar surface area (TPSA) is 56.4 Å². The first-order chi connectivity index (χ1) is 5.68. The molecule has 68 valence electrons. The Bertz CT molecular complexity index is 208. The summed E-state index contributed by atoms with van der Waals surface area (Å²) in [4.78, 5) is 11.4. The molecule has 3 N–H and O–H groups in total. The van der Waals surface area contributed by atoms with Crippen molar-refractivity contribution in [2.24, 2.45) is 5.92 Å². The Labute approximate surface area is 71.5 Å². The van der Waals surface area contributed by atoms with E-state index in [1.165, 1.54) is 0 Å². The number of nitrogens with one attached hydrogen (secondary N) is 3. The van der Waals surface area contributed by atoms with Crippen molar-refractivity contribution in [3.8, 4) is 0 Å². The van der Waals surface area contributed by atoms with Crippen molar-refractivity contribution < 1.29 is 4.79 Å². The minimum absolute atomic E-state index is 0.0474. The predicted octanol–water partition coefficient (Wildman–Crippen LogP) is -1.56. The zero-order valence-corrected chi connectivity index (χ0v) is 7.29. The number of hydrogen-bond acceptors (Lipinski definition) is 4. The van der Waals surface area contributed by atoms with Crippen LogP contribution in [0.1, 0.15) is 6.92 Å². The molecule has 0 aliphatic carbocycles. The first-order valence-electron chi connectivity index (χ1n) is 4.21. The first-order valence-corrected chi connectivity index (χ1v) is 4.21. The van der Waals surface area contributed by atoms with Gasteiger partial charge in [-0.15, -0.1) is 0 Å². The summed E-state index contributed by atoms with van der Waals surface area (Å²) in [6.45, 7) is 2.67. The number of carbonyl (C=O) groups excluding carboxylic acids is 1. The van der Waals surface area contributed by atoms with Crippen LogP contribution in [0.15, 0.2) is 0 Å². The van der Waals surface area contributed by atoms with Crippen molar-refractivity contribution in [2.75, 3.05) is 13.6 Å². The number of fused-ring (bicyclic) bond motifs is 1. The molecule has 0 aromatic rings. The van der Waals surface area contributed by atoms with Gasteiger partial charge in [0.05, 0.1) is 18.2 Å². The molecule has 0 aromatic heterocycles. The van der Waals surface area contributed by atoms with Gasteiger partial charge in [-0.25, -0.2) is 5.01 Å². The number of carbonyl (C=O) groups is 1. The van der Waals surface area contributed by atoms with Crippen LogP contribution in [0.3, 0.4) is 0 Å². The summed E-state index contributed by atoms with van der Waals surface area (Å²) in [5.74, 6) is 0.189. The number of amides is 1. The van der Waals surface area contributed by atoms with E-state index in [0.717, 1.165) is 6.54 Å². The molecule has 5 nitrogen and oxygen atoms in total. The van der Waals surface area contributed by atoms with Crippen LogP contribution in [0.2, 0.25) is 0 Å². The minimum atomic E-state index is 0.0474. The zero-order valence-electron chi connectivity index (χ0n) is 7.29. The van der Waals surface area contributed by atoms with Crippen LogP contribution in [-0.4, -0.2) is 36.8 Å². The average molecular weight is 170 g/mol. The summed E-state index contributed by atoms with van der Waals surface area (Å²) in [6, 6.07) is 0. The van der Waals surface area contributed by atoms with E-state index in [-0.39, 0.29) is 24.2 Å². The van der Waals surface area contributed by atoms with E-state index in [4.69, 9.17) is 0 Å². The maximum atomic E-state index is 11.4. The quantitative estimate of drug-likeness (QED) is 0.412. The van der Waals surface area contributed by atoms with Gasteiger partial charge in [0.25, 0.3) is 0 Å². The molecule has 0 bridgehead atoms. The van der Waals surface area contributed by atoms with Gasteiger partial charge in [0.1, 0.15) is 0 Å². The molecule has 2 saturated heterocycles. The third kappa shape index (κ3) is 1.10. The van der Waals surface area contributed by atoms with Crippen molar-refractivity contribution in [3.63, 3.8) is 0 Å². The molecule has 2 heterocycles. The molecular weight excluding hydrogens is 156 g/mol. The van der Waals surface area contributed by atoms with Crippen LogP contribution in [0.25, 0.3) is 0 Å². The third-order valence-corrected chi connectivity index (χ3v) is 2.48. The Balaban J connectivity index is 2.14. The molecule has 2 aliphatic heterocycles. The average Bonchev–Trinajstić information content (AvgIpc) is 2.33. The normalized spacial score (nSPS) is 42.5. The summed E-state index contributed by atoms with van der Waals surface area (Å²) < 4.78 is 0. The Morgan fingerprint density at radius 1 is 1.58 bits per heavy atom. The first kappa shape index (κ1) is 7.97. The van der Waals surface area contributed by atoms with Gasteiger partial charge in [0.15, 0.2) is 0 Å². The molecule has 0 saturated carbocycles. The highest BCUT2D eigenvalue weighted by Gasteiger charge is 2.40. The minimum Gasteiger partial charge on any atom is -0.341 e. The van der Waals surface area contributed by atoms with E-state index >= 15 is 0 Å². The van der Waals surface area contributed by atoms with E-state index < -0.39 is 0 Å². The maximum Gasteiger partial charge on any atom is 0.228 e. The second-order valence-electron chi connectivity index (χ2n) is 3.42. The lowest BCUT2D eigenvalue weighted by Gasteiger charge is -2.33. The van der Waals surface area contributed by atoms with Gasteiger partial charge < -0.3 is 5.32 Å². The number of hydrogen-bond donors (Lipinski definition) is 3. The van der Waals surface area contributed by atoms with Crippen LogP contribution in [0, 0.1) is 5.92 Å². The molecule has 1 amide bonds. The smallest absolute Gasteiger partial charge is 0.228 e. The summed E-state index contributed by atoms with van der Waals surface area (Å²) in [5, 5.41) is 8.10. The molecule has 0 radical (unpaired) electrons. The van der Waals surface area contributed by atoms with Gasteiger partial charge in [0, 0.05) is 13.6 Å². The van der Waals surface area contributed by atoms with Crippen LogP contribution in [0.4, 0.5) is 0 Å². The molecule has 2 rings (SSSR count). The van der Waals surface area contributed by atoms with E-state index in [1.54, 1.807) is 0 Å². The molecule has 3 atom stereocenters. The van der Waals surface area contributed by atoms with Crippen molar-refractivity contribution in [1.29, 1.82) is 0 Å². The van der Waals surface area contributed by atoms with E-state index in [2.05, 4.69) is 16.1 Å². The Morgan fingerprint density at radius 3 is 3.08 bits per heavy atom. The van der Waals surface area contributed by atoms with E-state index in [9.17, 15) is 4.79 Å². The summed E-state index contributed by atoms with van der Waals surface area (Å²) >= 11 is 0. The van der Waals surface area contributed by atoms with Gasteiger partial charge in [0.2, 0.25) is 5.91 Å². The van der Waals surface area contributed by atoms with Crippen molar-refractivity contribution in [1.82, 2.24) is 21.1 Å². The Kier molecular flexibility index (Phi) is 1.79. The molecular formula is C7H14N4O. The van der Waals surface area contributed by atoms with Gasteiger partial charge in [-0.1, -0.05) is 0 Å². The SMILES string of the molecule is CC1NC(=O)C2CNN(C)C2N1. The summed E-state index contributed by atoms with van der Waals surface area (Å²) in [7, 11) is 1.95. The second kappa shape index (κ2) is 2.69. The van der Waals surface area contributed by atoms with Gasteiger partial charge in [-0.3, -0.25) is 15.5 Å². The highest BCUT2D eigenvalue weighted by atomic mass is 16.2. The van der Waals surface area contributed by atoms with Crippen molar-refractivity contribution in [2.45, 2.75) is 19.3 Å². The summed E-state index contributed by atoms with van der Waals surface area (Å²) in [5.41, 5.74) is 3.12. The highest BCUT2D eigenvalue weighted by molar-refractivity contribution is 5.81. The molecule has 2 fully saturated rings. The fourth-order valence-corrected chi connectivity index (χ4v) is 1.80. The standard InChI is InChI=1S/C7H14N4O/c1-4-9-6-5(7(12)10-4)3-8-11(6)2/h4-6,8-9H,3H2,1-2H3,(H,10,12). The fraction of sp³-hybridized carbons (Fsp3) is 0.857. The number of nitrogens with zero attached hydrogens (tertiary/aromatic N) is 1. The predicted molar refractivity (Wildman–Crippen MR) is 43.8 cm³/mol. The van der Waals surface area contributed by atoms with Crippen LogP contribution in [0.5, 0.6) is 0 Å². The molecule has 2 aliphatic rings. The van der Waals surface area contributed by atoms with Gasteiger partial charge in [-0.2, -0.15) is 0 Å². The van der Waals surface area contributed by atoms with Gasteiger partial charge >= 0.3 is 0 Å². The fourth-order valence-electron chi connectivity index (χ4n) is 1.80. The monoisotopic (exact) mass is 170 g/mol. The van der Waals surface area contributed by atoms with Crippen LogP contribution < -0.4 is 16.1 Å². The second-order valence-corrected chi connectivity index (χ2v) is 3.42. The van der Waals surface area contributed by atoms with E-state index in [1.807, 2.05) is 19.0 Å². The van der Waals surface area contributed by atoms with Gasteiger partial charge in [-0.05, 0) is 6.92 Å². The molecule has 12 heavy (non-hydrogen) atoms. The Hall–Kier alpha value is -0.650. The lowest BCUT2D eigenvalue weighted by molar-refractivity contribution is -0.129. The lowest BCUT2D eigenvalue weighted by atomic mass is 10.0. The molecule has 3 unspecified atom stereocenters. The summed E-state index contributed by atoms with van der Waals surface area (Å²) in [6.07, 6.45) is 0.217. The molecule has 5 heteroatoms. The van der Waals surface area contributed by atoms with Crippen LogP contribution >= 0.6 is 0 Å². The van der Waals surface area contributed by atoms with Crippen molar-refractivity contribution in [3.05, 3.63) is 0 Å². The molecule has 0 spiro atoms. The van der Waals surface area contributed by atoms with Crippen LogP contribution in [-0.2, 0) is 4.79 Å². The zero-order chi connectivity index (χ0) is 8.72. The van der Waals surface area contributed by atoms with Crippen molar-refractivity contribution >= 4 is 5.91 Å². The highest BCUT2D eigenvalue weighted by Crippen LogP contribution is 2.16. The number of hydrazine groups is 1. The number of rotatable bonds is 0. The molecule has 0 aromatic carbocycles. The maximum absolute atomic E-state index is 11.4.